The fraction of sp³-hybridized carbons (Fsp3) is 0.385. The molecule has 2 aliphatic rings. The lowest BCUT2D eigenvalue weighted by molar-refractivity contribution is 0.0757. The number of carbonyl (C=O) groups excluding carboxylic acids is 1. The number of anilines is 1. The Kier molecular flexibility index (Phi) is 6.07. The van der Waals surface area contributed by atoms with E-state index in [1.807, 2.05) is 29.4 Å². The maximum absolute atomic E-state index is 13.2. The van der Waals surface area contributed by atoms with Gasteiger partial charge in [-0.2, -0.15) is 0 Å². The molecule has 5 nitrogen and oxygen atoms in total. The van der Waals surface area contributed by atoms with Gasteiger partial charge in [-0.05, 0) is 62.2 Å². The van der Waals surface area contributed by atoms with Gasteiger partial charge in [-0.15, -0.1) is 11.8 Å². The number of likely N-dealkylation sites (tertiary alicyclic amines) is 1. The Labute approximate surface area is 194 Å². The van der Waals surface area contributed by atoms with Crippen molar-refractivity contribution in [3.63, 3.8) is 0 Å². The number of nitrogens with two attached hydrogens (primary N) is 1. The minimum absolute atomic E-state index is 0.0457. The molecular weight excluding hydrogens is 416 g/mol. The SMILES string of the molecule is CSc1cccc2nc3c(c(N)c12)C(=O)N(CCC1CCN(Cc2ccccc2)CC1)C3. The van der Waals surface area contributed by atoms with E-state index in [1.54, 1.807) is 11.8 Å². The van der Waals surface area contributed by atoms with Crippen molar-refractivity contribution in [2.45, 2.75) is 37.2 Å². The Hall–Kier alpha value is -2.57. The second-order valence-electron chi connectivity index (χ2n) is 8.92. The molecule has 0 unspecified atom stereocenters. The molecule has 0 saturated carbocycles. The van der Waals surface area contributed by atoms with E-state index in [9.17, 15) is 4.79 Å². The molecule has 2 N–H and O–H groups in total. The molecule has 0 radical (unpaired) electrons. The summed E-state index contributed by atoms with van der Waals surface area (Å²) in [5.41, 5.74) is 10.8. The smallest absolute Gasteiger partial charge is 0.258 e. The van der Waals surface area contributed by atoms with Crippen LogP contribution in [0, 0.1) is 5.92 Å². The van der Waals surface area contributed by atoms with Crippen molar-refractivity contribution in [1.29, 1.82) is 0 Å². The summed E-state index contributed by atoms with van der Waals surface area (Å²) in [7, 11) is 0. The third kappa shape index (κ3) is 4.09. The number of carbonyl (C=O) groups is 1. The summed E-state index contributed by atoms with van der Waals surface area (Å²) in [6, 6.07) is 16.7. The quantitative estimate of drug-likeness (QED) is 0.551. The van der Waals surface area contributed by atoms with Gasteiger partial charge < -0.3 is 10.6 Å². The van der Waals surface area contributed by atoms with Gasteiger partial charge in [0.2, 0.25) is 0 Å². The van der Waals surface area contributed by atoms with Crippen molar-refractivity contribution in [3.8, 4) is 0 Å². The fourth-order valence-electron chi connectivity index (χ4n) is 5.09. The van der Waals surface area contributed by atoms with Gasteiger partial charge >= 0.3 is 0 Å². The van der Waals surface area contributed by atoms with Gasteiger partial charge in [-0.25, -0.2) is 4.98 Å². The molecule has 1 saturated heterocycles. The summed E-state index contributed by atoms with van der Waals surface area (Å²) in [5, 5.41) is 0.916. The van der Waals surface area contributed by atoms with E-state index in [0.717, 1.165) is 54.1 Å². The van der Waals surface area contributed by atoms with Crippen LogP contribution in [-0.4, -0.2) is 46.6 Å². The van der Waals surface area contributed by atoms with Gasteiger partial charge in [0, 0.05) is 23.4 Å². The minimum atomic E-state index is 0.0457. The first kappa shape index (κ1) is 21.3. The topological polar surface area (TPSA) is 62.5 Å². The van der Waals surface area contributed by atoms with Crippen LogP contribution in [0.25, 0.3) is 10.9 Å². The molecule has 1 amide bonds. The average molecular weight is 447 g/mol. The van der Waals surface area contributed by atoms with Gasteiger partial charge in [0.15, 0.2) is 0 Å². The standard InChI is InChI=1S/C26H30N4OS/c1-32-22-9-5-8-20-23(22)25(27)24-21(28-20)17-30(26(24)31)15-12-18-10-13-29(14-11-18)16-19-6-3-2-4-7-19/h2-9,18H,10-17H2,1H3,(H2,27,28). The minimum Gasteiger partial charge on any atom is -0.397 e. The van der Waals surface area contributed by atoms with Crippen LogP contribution in [0.1, 0.15) is 40.9 Å². The zero-order valence-corrected chi connectivity index (χ0v) is 19.4. The largest absolute Gasteiger partial charge is 0.397 e. The molecule has 3 aromatic rings. The van der Waals surface area contributed by atoms with E-state index in [2.05, 4.69) is 35.2 Å². The van der Waals surface area contributed by atoms with Crippen molar-refractivity contribution in [3.05, 3.63) is 65.4 Å². The van der Waals surface area contributed by atoms with Crippen molar-refractivity contribution in [1.82, 2.24) is 14.8 Å². The van der Waals surface area contributed by atoms with E-state index in [1.165, 1.54) is 18.4 Å². The highest BCUT2D eigenvalue weighted by Crippen LogP contribution is 2.37. The molecule has 5 rings (SSSR count). The number of aromatic nitrogens is 1. The van der Waals surface area contributed by atoms with E-state index in [0.29, 0.717) is 23.7 Å². The van der Waals surface area contributed by atoms with Crippen molar-refractivity contribution < 1.29 is 4.79 Å². The normalized spacial score (nSPS) is 17.3. The number of nitrogen functional groups attached to an aromatic ring is 1. The van der Waals surface area contributed by atoms with Gasteiger partial charge in [0.25, 0.3) is 5.91 Å². The second kappa shape index (κ2) is 9.12. The lowest BCUT2D eigenvalue weighted by Crippen LogP contribution is -2.35. The molecule has 0 aliphatic carbocycles. The summed E-state index contributed by atoms with van der Waals surface area (Å²) in [5.74, 6) is 0.718. The number of hydrogen-bond donors (Lipinski definition) is 1. The average Bonchev–Trinajstić information content (AvgIpc) is 3.14. The Balaban J connectivity index is 1.20. The van der Waals surface area contributed by atoms with Crippen LogP contribution >= 0.6 is 11.8 Å². The van der Waals surface area contributed by atoms with Gasteiger partial charge in [0.1, 0.15) is 0 Å². The maximum atomic E-state index is 13.2. The molecule has 0 atom stereocenters. The predicted molar refractivity (Wildman–Crippen MR) is 132 cm³/mol. The van der Waals surface area contributed by atoms with Crippen LogP contribution in [0.5, 0.6) is 0 Å². The van der Waals surface area contributed by atoms with Crippen LogP contribution in [0.4, 0.5) is 5.69 Å². The van der Waals surface area contributed by atoms with E-state index < -0.39 is 0 Å². The monoisotopic (exact) mass is 446 g/mol. The number of nitrogens with zero attached hydrogens (tertiary/aromatic N) is 3. The first-order valence-corrected chi connectivity index (χ1v) is 12.7. The summed E-state index contributed by atoms with van der Waals surface area (Å²) in [6.07, 6.45) is 5.47. The highest BCUT2D eigenvalue weighted by molar-refractivity contribution is 7.98. The number of rotatable bonds is 6. The molecule has 6 heteroatoms. The van der Waals surface area contributed by atoms with Crippen molar-refractivity contribution in [2.75, 3.05) is 31.6 Å². The first-order valence-electron chi connectivity index (χ1n) is 11.4. The summed E-state index contributed by atoms with van der Waals surface area (Å²) < 4.78 is 0. The van der Waals surface area contributed by atoms with Crippen LogP contribution in [0.3, 0.4) is 0 Å². The number of fused-ring (bicyclic) bond motifs is 2. The first-order chi connectivity index (χ1) is 15.6. The molecule has 0 spiro atoms. The lowest BCUT2D eigenvalue weighted by atomic mass is 9.93. The molecule has 1 aromatic heterocycles. The third-order valence-electron chi connectivity index (χ3n) is 6.91. The van der Waals surface area contributed by atoms with E-state index in [-0.39, 0.29) is 5.91 Å². The molecule has 32 heavy (non-hydrogen) atoms. The van der Waals surface area contributed by atoms with Crippen molar-refractivity contribution >= 4 is 34.3 Å². The van der Waals surface area contributed by atoms with E-state index in [4.69, 9.17) is 10.7 Å². The Morgan fingerprint density at radius 3 is 2.62 bits per heavy atom. The van der Waals surface area contributed by atoms with Crippen LogP contribution < -0.4 is 5.73 Å². The van der Waals surface area contributed by atoms with E-state index >= 15 is 0 Å². The molecular formula is C26H30N4OS. The number of thioether (sulfide) groups is 1. The lowest BCUT2D eigenvalue weighted by Gasteiger charge is -2.32. The van der Waals surface area contributed by atoms with Crippen LogP contribution in [-0.2, 0) is 13.1 Å². The van der Waals surface area contributed by atoms with Crippen LogP contribution in [0.15, 0.2) is 53.4 Å². The number of benzene rings is 2. The number of piperidine rings is 1. The molecule has 1 fully saturated rings. The zero-order valence-electron chi connectivity index (χ0n) is 18.6. The number of amides is 1. The Bertz CT molecular complexity index is 1130. The third-order valence-corrected chi connectivity index (χ3v) is 7.69. The summed E-state index contributed by atoms with van der Waals surface area (Å²) in [6.45, 7) is 4.65. The molecule has 0 bridgehead atoms. The molecule has 2 aliphatic heterocycles. The molecule has 3 heterocycles. The maximum Gasteiger partial charge on any atom is 0.258 e. The highest BCUT2D eigenvalue weighted by atomic mass is 32.2. The van der Waals surface area contributed by atoms with Gasteiger partial charge in [-0.3, -0.25) is 9.69 Å². The van der Waals surface area contributed by atoms with Gasteiger partial charge in [-0.1, -0.05) is 36.4 Å². The summed E-state index contributed by atoms with van der Waals surface area (Å²) >= 11 is 1.64. The van der Waals surface area contributed by atoms with Crippen LogP contribution in [0.2, 0.25) is 0 Å². The summed E-state index contributed by atoms with van der Waals surface area (Å²) in [4.78, 5) is 23.6. The Morgan fingerprint density at radius 2 is 1.88 bits per heavy atom. The molecule has 2 aromatic carbocycles. The molecule has 166 valence electrons. The number of hydrogen-bond acceptors (Lipinski definition) is 5. The second-order valence-corrected chi connectivity index (χ2v) is 9.77. The number of pyridine rings is 1. The highest BCUT2D eigenvalue weighted by Gasteiger charge is 2.33. The van der Waals surface area contributed by atoms with Crippen molar-refractivity contribution in [2.24, 2.45) is 5.92 Å². The van der Waals surface area contributed by atoms with Gasteiger partial charge in [0.05, 0.1) is 29.0 Å². The Morgan fingerprint density at radius 1 is 1.09 bits per heavy atom. The fourth-order valence-corrected chi connectivity index (χ4v) is 5.73. The zero-order chi connectivity index (χ0) is 22.1. The predicted octanol–water partition coefficient (Wildman–Crippen LogP) is 4.80.